The van der Waals surface area contributed by atoms with Crippen LogP contribution in [0.1, 0.15) is 23.9 Å². The third kappa shape index (κ3) is 3.29. The van der Waals surface area contributed by atoms with Crippen LogP contribution in [0.4, 0.5) is 8.78 Å². The largest absolute Gasteiger partial charge is 0.299 e. The Kier molecular flexibility index (Phi) is 4.73. The SMILES string of the molecule is CCc1nn(C)c(CC(=O)Cc2c(F)cccc2F)c1Cl. The minimum absolute atomic E-state index is 0.00386. The molecule has 0 saturated carbocycles. The number of benzene rings is 1. The second-order valence-corrected chi connectivity index (χ2v) is 5.15. The highest BCUT2D eigenvalue weighted by Crippen LogP contribution is 2.22. The first kappa shape index (κ1) is 15.6. The van der Waals surface area contributed by atoms with Crippen LogP contribution in [0.15, 0.2) is 18.2 Å². The van der Waals surface area contributed by atoms with E-state index in [-0.39, 0.29) is 24.2 Å². The maximum atomic E-state index is 13.5. The molecule has 0 fully saturated rings. The quantitative estimate of drug-likeness (QED) is 0.849. The van der Waals surface area contributed by atoms with Crippen molar-refractivity contribution in [3.05, 3.63) is 51.8 Å². The predicted molar refractivity (Wildman–Crippen MR) is 76.4 cm³/mol. The molecular weight excluding hydrogens is 298 g/mol. The van der Waals surface area contributed by atoms with E-state index >= 15 is 0 Å². The number of Topliss-reactive ketones (excluding diaryl/α,β-unsaturated/α-hetero) is 1. The molecule has 0 radical (unpaired) electrons. The summed E-state index contributed by atoms with van der Waals surface area (Å²) >= 11 is 6.16. The number of carbonyl (C=O) groups excluding carboxylic acids is 1. The minimum atomic E-state index is -0.714. The zero-order valence-corrected chi connectivity index (χ0v) is 12.5. The Morgan fingerprint density at radius 3 is 2.43 bits per heavy atom. The van der Waals surface area contributed by atoms with Crippen LogP contribution in [0.3, 0.4) is 0 Å². The van der Waals surface area contributed by atoms with Gasteiger partial charge in [0.1, 0.15) is 17.4 Å². The van der Waals surface area contributed by atoms with Crippen molar-refractivity contribution in [1.29, 1.82) is 0 Å². The van der Waals surface area contributed by atoms with Gasteiger partial charge in [0.05, 0.1) is 22.8 Å². The van der Waals surface area contributed by atoms with Gasteiger partial charge in [-0.2, -0.15) is 5.10 Å². The van der Waals surface area contributed by atoms with Crippen molar-refractivity contribution in [2.24, 2.45) is 7.05 Å². The first-order chi connectivity index (χ1) is 9.93. The summed E-state index contributed by atoms with van der Waals surface area (Å²) < 4.78 is 28.6. The van der Waals surface area contributed by atoms with Gasteiger partial charge in [-0.15, -0.1) is 0 Å². The molecule has 0 N–H and O–H groups in total. The molecule has 112 valence electrons. The molecule has 0 unspecified atom stereocenters. The topological polar surface area (TPSA) is 34.9 Å². The van der Waals surface area contributed by atoms with Crippen LogP contribution in [0.2, 0.25) is 5.02 Å². The van der Waals surface area contributed by atoms with Crippen molar-refractivity contribution >= 4 is 17.4 Å². The molecule has 1 aromatic carbocycles. The van der Waals surface area contributed by atoms with Crippen molar-refractivity contribution in [2.75, 3.05) is 0 Å². The maximum Gasteiger partial charge on any atom is 0.143 e. The van der Waals surface area contributed by atoms with Gasteiger partial charge in [-0.05, 0) is 18.6 Å². The molecule has 1 heterocycles. The highest BCUT2D eigenvalue weighted by molar-refractivity contribution is 6.32. The fraction of sp³-hybridized carbons (Fsp3) is 0.333. The zero-order valence-electron chi connectivity index (χ0n) is 11.8. The van der Waals surface area contributed by atoms with Crippen LogP contribution in [0, 0.1) is 11.6 Å². The van der Waals surface area contributed by atoms with Crippen molar-refractivity contribution in [1.82, 2.24) is 9.78 Å². The Balaban J connectivity index is 2.18. The average molecular weight is 313 g/mol. The van der Waals surface area contributed by atoms with Gasteiger partial charge < -0.3 is 0 Å². The van der Waals surface area contributed by atoms with Crippen LogP contribution in [-0.4, -0.2) is 15.6 Å². The van der Waals surface area contributed by atoms with E-state index in [0.29, 0.717) is 22.8 Å². The number of hydrogen-bond donors (Lipinski definition) is 0. The normalized spacial score (nSPS) is 10.9. The van der Waals surface area contributed by atoms with Gasteiger partial charge >= 0.3 is 0 Å². The van der Waals surface area contributed by atoms with E-state index in [1.165, 1.54) is 10.7 Å². The van der Waals surface area contributed by atoms with E-state index in [1.807, 2.05) is 6.92 Å². The number of nitrogens with zero attached hydrogens (tertiary/aromatic N) is 2. The maximum absolute atomic E-state index is 13.5. The third-order valence-corrected chi connectivity index (χ3v) is 3.74. The van der Waals surface area contributed by atoms with Crippen LogP contribution in [-0.2, 0) is 31.1 Å². The molecule has 0 bridgehead atoms. The van der Waals surface area contributed by atoms with Crippen molar-refractivity contribution in [3.8, 4) is 0 Å². The van der Waals surface area contributed by atoms with E-state index in [9.17, 15) is 13.6 Å². The van der Waals surface area contributed by atoms with E-state index in [2.05, 4.69) is 5.10 Å². The lowest BCUT2D eigenvalue weighted by atomic mass is 10.0. The number of halogens is 3. The number of ketones is 1. The number of rotatable bonds is 5. The van der Waals surface area contributed by atoms with Gasteiger partial charge in [0.2, 0.25) is 0 Å². The van der Waals surface area contributed by atoms with Crippen molar-refractivity contribution < 1.29 is 13.6 Å². The van der Waals surface area contributed by atoms with Crippen LogP contribution in [0.5, 0.6) is 0 Å². The molecule has 6 heteroatoms. The number of aryl methyl sites for hydroxylation is 2. The number of carbonyl (C=O) groups is 1. The van der Waals surface area contributed by atoms with Crippen molar-refractivity contribution in [2.45, 2.75) is 26.2 Å². The lowest BCUT2D eigenvalue weighted by Gasteiger charge is -2.05. The molecule has 2 aromatic rings. The van der Waals surface area contributed by atoms with Gasteiger partial charge in [0.15, 0.2) is 0 Å². The summed E-state index contributed by atoms with van der Waals surface area (Å²) in [7, 11) is 1.69. The molecule has 0 aliphatic rings. The number of aromatic nitrogens is 2. The Labute approximate surface area is 126 Å². The summed E-state index contributed by atoms with van der Waals surface area (Å²) in [5, 5.41) is 4.65. The van der Waals surface area contributed by atoms with E-state index in [1.54, 1.807) is 7.05 Å². The first-order valence-electron chi connectivity index (χ1n) is 6.58. The highest BCUT2D eigenvalue weighted by Gasteiger charge is 2.18. The molecule has 21 heavy (non-hydrogen) atoms. The molecule has 0 aliphatic carbocycles. The highest BCUT2D eigenvalue weighted by atomic mass is 35.5. The molecule has 0 atom stereocenters. The standard InChI is InChI=1S/C15H15ClF2N2O/c1-3-13-15(16)14(20(2)19-13)8-9(21)7-10-11(17)5-4-6-12(10)18/h4-6H,3,7-8H2,1-2H3. The summed E-state index contributed by atoms with van der Waals surface area (Å²) in [5.41, 5.74) is 1.06. The monoisotopic (exact) mass is 312 g/mol. The Morgan fingerprint density at radius 1 is 1.29 bits per heavy atom. The summed E-state index contributed by atoms with van der Waals surface area (Å²) in [6, 6.07) is 3.54. The summed E-state index contributed by atoms with van der Waals surface area (Å²) in [5.74, 6) is -1.74. The predicted octanol–water partition coefficient (Wildman–Crippen LogP) is 3.27. The summed E-state index contributed by atoms with van der Waals surface area (Å²) in [6.45, 7) is 1.91. The van der Waals surface area contributed by atoms with Gasteiger partial charge in [-0.3, -0.25) is 9.48 Å². The summed E-state index contributed by atoms with van der Waals surface area (Å²) in [6.07, 6.45) is 0.348. The number of hydrogen-bond acceptors (Lipinski definition) is 2. The minimum Gasteiger partial charge on any atom is -0.299 e. The van der Waals surface area contributed by atoms with Gasteiger partial charge in [0.25, 0.3) is 0 Å². The molecule has 2 rings (SSSR count). The molecule has 1 aromatic heterocycles. The fourth-order valence-electron chi connectivity index (χ4n) is 2.16. The van der Waals surface area contributed by atoms with Gasteiger partial charge in [0, 0.05) is 19.0 Å². The average Bonchev–Trinajstić information content (AvgIpc) is 2.70. The smallest absolute Gasteiger partial charge is 0.143 e. The van der Waals surface area contributed by atoms with E-state index in [0.717, 1.165) is 12.1 Å². The molecule has 0 saturated heterocycles. The second-order valence-electron chi connectivity index (χ2n) is 4.78. The molecule has 3 nitrogen and oxygen atoms in total. The van der Waals surface area contributed by atoms with Gasteiger partial charge in [-0.25, -0.2) is 8.78 Å². The lowest BCUT2D eigenvalue weighted by Crippen LogP contribution is -2.12. The Hall–Kier alpha value is -1.75. The molecular formula is C15H15ClF2N2O. The van der Waals surface area contributed by atoms with Crippen LogP contribution < -0.4 is 0 Å². The van der Waals surface area contributed by atoms with Crippen molar-refractivity contribution in [3.63, 3.8) is 0 Å². The second kappa shape index (κ2) is 6.35. The molecule has 0 spiro atoms. The van der Waals surface area contributed by atoms with Crippen LogP contribution >= 0.6 is 11.6 Å². The third-order valence-electron chi connectivity index (χ3n) is 3.30. The Morgan fingerprint density at radius 2 is 1.90 bits per heavy atom. The first-order valence-corrected chi connectivity index (χ1v) is 6.96. The lowest BCUT2D eigenvalue weighted by molar-refractivity contribution is -0.118. The van der Waals surface area contributed by atoms with Crippen LogP contribution in [0.25, 0.3) is 0 Å². The fourth-order valence-corrected chi connectivity index (χ4v) is 2.52. The van der Waals surface area contributed by atoms with Gasteiger partial charge in [-0.1, -0.05) is 24.6 Å². The Bertz CT molecular complexity index is 662. The van der Waals surface area contributed by atoms with E-state index < -0.39 is 11.6 Å². The zero-order chi connectivity index (χ0) is 15.6. The van der Waals surface area contributed by atoms with E-state index in [4.69, 9.17) is 11.6 Å². The molecule has 0 aliphatic heterocycles. The summed E-state index contributed by atoms with van der Waals surface area (Å²) in [4.78, 5) is 12.1. The molecule has 0 amide bonds.